The number of hydrogen-bond acceptors (Lipinski definition) is 6. The van der Waals surface area contributed by atoms with Crippen LogP contribution in [0.2, 0.25) is 0 Å². The largest absolute Gasteiger partial charge is 0.488 e. The number of amides is 1. The molecule has 0 saturated carbocycles. The summed E-state index contributed by atoms with van der Waals surface area (Å²) in [5.74, 6) is -0.773. The Bertz CT molecular complexity index is 934. The van der Waals surface area contributed by atoms with Crippen LogP contribution in [-0.2, 0) is 16.2 Å². The van der Waals surface area contributed by atoms with Gasteiger partial charge in [-0.3, -0.25) is 9.59 Å². The van der Waals surface area contributed by atoms with Crippen molar-refractivity contribution in [1.82, 2.24) is 5.32 Å². The molecule has 0 bridgehead atoms. The number of benzene rings is 2. The van der Waals surface area contributed by atoms with Crippen molar-refractivity contribution in [3.8, 4) is 5.75 Å². The van der Waals surface area contributed by atoms with E-state index in [0.717, 1.165) is 21.8 Å². The first-order valence-electron chi connectivity index (χ1n) is 8.28. The smallest absolute Gasteiger partial charge is 0.305 e. The normalized spacial score (nSPS) is 17.8. The molecule has 144 valence electrons. The van der Waals surface area contributed by atoms with Crippen LogP contribution in [0, 0.1) is 0 Å². The number of thioether (sulfide) groups is 1. The third kappa shape index (κ3) is 5.67. The quantitative estimate of drug-likeness (QED) is 0.485. The number of carboxylic acid groups (broad SMARTS) is 1. The number of nitrogens with one attached hydrogen (secondary N) is 1. The number of amidine groups is 1. The van der Waals surface area contributed by atoms with E-state index in [1.165, 1.54) is 6.21 Å². The SMILES string of the molecule is O=C(O)C[C@@H]1S/C(=N\N=C/c2cc(Br)ccc2OCc2ccccc2)NC1=O. The summed E-state index contributed by atoms with van der Waals surface area (Å²) in [5, 5.41) is 18.9. The van der Waals surface area contributed by atoms with Gasteiger partial charge in [-0.1, -0.05) is 58.0 Å². The summed E-state index contributed by atoms with van der Waals surface area (Å²) < 4.78 is 6.74. The Balaban J connectivity index is 1.68. The molecule has 1 aliphatic heterocycles. The van der Waals surface area contributed by atoms with E-state index >= 15 is 0 Å². The highest BCUT2D eigenvalue weighted by Gasteiger charge is 2.32. The number of ether oxygens (including phenoxy) is 1. The predicted octanol–water partition coefficient (Wildman–Crippen LogP) is 3.42. The summed E-state index contributed by atoms with van der Waals surface area (Å²) >= 11 is 4.47. The highest BCUT2D eigenvalue weighted by atomic mass is 79.9. The maximum Gasteiger partial charge on any atom is 0.305 e. The Morgan fingerprint density at radius 2 is 2.07 bits per heavy atom. The van der Waals surface area contributed by atoms with Gasteiger partial charge in [0.2, 0.25) is 5.91 Å². The molecule has 1 atom stereocenters. The van der Waals surface area contributed by atoms with Gasteiger partial charge in [0.1, 0.15) is 17.6 Å². The van der Waals surface area contributed by atoms with Crippen LogP contribution < -0.4 is 10.1 Å². The lowest BCUT2D eigenvalue weighted by molar-refractivity contribution is -0.138. The number of hydrogen-bond donors (Lipinski definition) is 2. The topological polar surface area (TPSA) is 100 Å². The van der Waals surface area contributed by atoms with Crippen LogP contribution in [-0.4, -0.2) is 33.6 Å². The van der Waals surface area contributed by atoms with Crippen molar-refractivity contribution in [2.45, 2.75) is 18.3 Å². The molecule has 0 aromatic heterocycles. The fourth-order valence-electron chi connectivity index (χ4n) is 2.38. The molecule has 1 heterocycles. The van der Waals surface area contributed by atoms with E-state index in [-0.39, 0.29) is 17.5 Å². The van der Waals surface area contributed by atoms with Gasteiger partial charge in [-0.05, 0) is 23.8 Å². The number of aliphatic carboxylic acids is 1. The second-order valence-corrected chi connectivity index (χ2v) is 7.91. The fourth-order valence-corrected chi connectivity index (χ4v) is 3.67. The highest BCUT2D eigenvalue weighted by Crippen LogP contribution is 2.24. The minimum Gasteiger partial charge on any atom is -0.488 e. The van der Waals surface area contributed by atoms with Gasteiger partial charge in [0.15, 0.2) is 5.17 Å². The van der Waals surface area contributed by atoms with Crippen molar-refractivity contribution in [2.75, 3.05) is 0 Å². The number of rotatable bonds is 7. The molecule has 9 heteroatoms. The Kier molecular flexibility index (Phi) is 6.83. The van der Waals surface area contributed by atoms with Gasteiger partial charge < -0.3 is 15.2 Å². The molecule has 1 fully saturated rings. The molecule has 3 rings (SSSR count). The van der Waals surface area contributed by atoms with Crippen molar-refractivity contribution in [3.05, 3.63) is 64.1 Å². The summed E-state index contributed by atoms with van der Waals surface area (Å²) in [5.41, 5.74) is 1.76. The third-order valence-corrected chi connectivity index (χ3v) is 5.26. The molecular weight excluding hydrogens is 446 g/mol. The van der Waals surface area contributed by atoms with E-state index in [0.29, 0.717) is 17.9 Å². The van der Waals surface area contributed by atoms with Crippen molar-refractivity contribution in [1.29, 1.82) is 0 Å². The van der Waals surface area contributed by atoms with Crippen LogP contribution in [0.15, 0.2) is 63.2 Å². The molecule has 7 nitrogen and oxygen atoms in total. The first-order valence-corrected chi connectivity index (χ1v) is 9.95. The van der Waals surface area contributed by atoms with Crippen molar-refractivity contribution >= 4 is 51.0 Å². The van der Waals surface area contributed by atoms with Crippen LogP contribution in [0.5, 0.6) is 5.75 Å². The van der Waals surface area contributed by atoms with E-state index in [2.05, 4.69) is 31.4 Å². The Hall–Kier alpha value is -2.65. The first kappa shape index (κ1) is 20.1. The van der Waals surface area contributed by atoms with E-state index in [1.54, 1.807) is 0 Å². The molecule has 28 heavy (non-hydrogen) atoms. The van der Waals surface area contributed by atoms with Crippen molar-refractivity contribution < 1.29 is 19.4 Å². The number of carbonyl (C=O) groups excluding carboxylic acids is 1. The van der Waals surface area contributed by atoms with Crippen molar-refractivity contribution in [2.24, 2.45) is 10.2 Å². The van der Waals surface area contributed by atoms with Gasteiger partial charge in [-0.2, -0.15) is 5.10 Å². The Morgan fingerprint density at radius 1 is 1.29 bits per heavy atom. The van der Waals surface area contributed by atoms with E-state index in [1.807, 2.05) is 48.5 Å². The number of halogens is 1. The van der Waals surface area contributed by atoms with Crippen LogP contribution in [0.25, 0.3) is 0 Å². The van der Waals surface area contributed by atoms with Gasteiger partial charge in [0.25, 0.3) is 0 Å². The number of carbonyl (C=O) groups is 2. The van der Waals surface area contributed by atoms with Gasteiger partial charge in [0, 0.05) is 10.0 Å². The monoisotopic (exact) mass is 461 g/mol. The first-order chi connectivity index (χ1) is 13.5. The average molecular weight is 462 g/mol. The molecule has 0 radical (unpaired) electrons. The van der Waals surface area contributed by atoms with Gasteiger partial charge >= 0.3 is 5.97 Å². The molecule has 1 aliphatic rings. The Morgan fingerprint density at radius 3 is 2.82 bits per heavy atom. The van der Waals surface area contributed by atoms with Crippen LogP contribution in [0.4, 0.5) is 0 Å². The standard InChI is InChI=1S/C19H16BrN3O4S/c20-14-6-7-15(27-11-12-4-2-1-3-5-12)13(8-14)10-21-23-19-22-18(26)16(28-19)9-17(24)25/h1-8,10,16H,9,11H2,(H,24,25)(H,22,23,26)/b21-10-/t16-/m0/s1. The molecule has 1 saturated heterocycles. The minimum atomic E-state index is -1.04. The lowest BCUT2D eigenvalue weighted by Crippen LogP contribution is -2.26. The zero-order valence-electron chi connectivity index (χ0n) is 14.5. The molecule has 0 aliphatic carbocycles. The van der Waals surface area contributed by atoms with Crippen LogP contribution in [0.3, 0.4) is 0 Å². The van der Waals surface area contributed by atoms with Gasteiger partial charge in [-0.25, -0.2) is 0 Å². The molecule has 2 aromatic carbocycles. The van der Waals surface area contributed by atoms with Crippen LogP contribution >= 0.6 is 27.7 Å². The number of nitrogens with zero attached hydrogens (tertiary/aromatic N) is 2. The van der Waals surface area contributed by atoms with Gasteiger partial charge in [-0.15, -0.1) is 5.10 Å². The van der Waals surface area contributed by atoms with Crippen molar-refractivity contribution in [3.63, 3.8) is 0 Å². The summed E-state index contributed by atoms with van der Waals surface area (Å²) in [6, 6.07) is 15.3. The maximum atomic E-state index is 11.7. The number of carboxylic acids is 1. The predicted molar refractivity (Wildman–Crippen MR) is 112 cm³/mol. The van der Waals surface area contributed by atoms with E-state index in [9.17, 15) is 9.59 Å². The Labute approximate surface area is 174 Å². The molecule has 1 amide bonds. The third-order valence-electron chi connectivity index (χ3n) is 3.69. The lowest BCUT2D eigenvalue weighted by atomic mass is 10.2. The minimum absolute atomic E-state index is 0.262. The second-order valence-electron chi connectivity index (χ2n) is 5.80. The highest BCUT2D eigenvalue weighted by molar-refractivity contribution is 9.10. The second kappa shape index (κ2) is 9.52. The molecule has 2 aromatic rings. The van der Waals surface area contributed by atoms with Gasteiger partial charge in [0.05, 0.1) is 12.6 Å². The van der Waals surface area contributed by atoms with E-state index in [4.69, 9.17) is 9.84 Å². The zero-order valence-corrected chi connectivity index (χ0v) is 16.9. The molecule has 0 unspecified atom stereocenters. The molecule has 2 N–H and O–H groups in total. The maximum absolute atomic E-state index is 11.7. The zero-order chi connectivity index (χ0) is 19.9. The molecular formula is C19H16BrN3O4S. The summed E-state index contributed by atoms with van der Waals surface area (Å²) in [7, 11) is 0. The lowest BCUT2D eigenvalue weighted by Gasteiger charge is -2.09. The average Bonchev–Trinajstić information content (AvgIpc) is 3.00. The summed E-state index contributed by atoms with van der Waals surface area (Å²) in [6.07, 6.45) is 1.26. The molecule has 0 spiro atoms. The summed E-state index contributed by atoms with van der Waals surface area (Å²) in [6.45, 7) is 0.417. The van der Waals surface area contributed by atoms with Crippen LogP contribution in [0.1, 0.15) is 17.5 Å². The fraction of sp³-hybridized carbons (Fsp3) is 0.158. The van der Waals surface area contributed by atoms with E-state index < -0.39 is 11.2 Å². The summed E-state index contributed by atoms with van der Waals surface area (Å²) in [4.78, 5) is 22.5.